The molecule has 2 heteroatoms. The van der Waals surface area contributed by atoms with E-state index >= 15 is 0 Å². The Balaban J connectivity index is 2.89. The van der Waals surface area contributed by atoms with Crippen molar-refractivity contribution in [3.05, 3.63) is 29.3 Å². The first-order valence-corrected chi connectivity index (χ1v) is 3.83. The molecule has 10 heavy (non-hydrogen) atoms. The minimum Gasteiger partial charge on any atom is -0.0843 e. The Morgan fingerprint density at radius 2 is 1.60 bits per heavy atom. The van der Waals surface area contributed by atoms with E-state index in [0.717, 1.165) is 5.02 Å². The van der Waals surface area contributed by atoms with Crippen LogP contribution in [-0.2, 0) is 0 Å². The largest absolute Gasteiger partial charge is 0.169 e. The first-order chi connectivity index (χ1) is 4.70. The van der Waals surface area contributed by atoms with E-state index in [9.17, 15) is 0 Å². The van der Waals surface area contributed by atoms with Crippen LogP contribution in [0.25, 0.3) is 0 Å². The van der Waals surface area contributed by atoms with Crippen LogP contribution in [0.4, 0.5) is 0 Å². The lowest BCUT2D eigenvalue weighted by Crippen LogP contribution is -2.21. The van der Waals surface area contributed by atoms with Gasteiger partial charge in [-0.3, -0.25) is 0 Å². The zero-order valence-corrected chi connectivity index (χ0v) is 7.02. The first-order valence-electron chi connectivity index (χ1n) is 3.45. The molecule has 0 aromatic heterocycles. The minimum absolute atomic E-state index is 0.595. The molecule has 0 radical (unpaired) electrons. The maximum absolute atomic E-state index is 5.72. The fourth-order valence-electron chi connectivity index (χ4n) is 0.848. The van der Waals surface area contributed by atoms with Crippen LogP contribution in [0.1, 0.15) is 0 Å². The van der Waals surface area contributed by atoms with Gasteiger partial charge in [0.25, 0.3) is 0 Å². The third-order valence-electron chi connectivity index (χ3n) is 1.54. The average Bonchev–Trinajstić information content (AvgIpc) is 1.88. The molecule has 0 saturated heterocycles. The predicted molar refractivity (Wildman–Crippen MR) is 48.6 cm³/mol. The molecule has 0 bridgehead atoms. The molecule has 0 aliphatic rings. The summed E-state index contributed by atoms with van der Waals surface area (Å²) in [6.45, 7) is 4.93. The Kier molecular flexibility index (Phi) is 2.39. The Bertz CT molecular complexity index is 203. The summed E-state index contributed by atoms with van der Waals surface area (Å²) in [7, 11) is 0. The molecule has 1 aromatic rings. The van der Waals surface area contributed by atoms with E-state index in [-0.39, 0.29) is 0 Å². The third-order valence-corrected chi connectivity index (χ3v) is 1.79. The van der Waals surface area contributed by atoms with E-state index in [4.69, 9.17) is 11.6 Å². The van der Waals surface area contributed by atoms with E-state index in [2.05, 4.69) is 25.8 Å². The fraction of sp³-hybridized carbons (Fsp3) is 0.250. The summed E-state index contributed by atoms with van der Waals surface area (Å²) in [5.41, 5.74) is 1.34. The lowest BCUT2D eigenvalue weighted by atomic mass is 9.49. The molecular formula is C8H10BCl. The maximum atomic E-state index is 5.72. The van der Waals surface area contributed by atoms with Crippen molar-refractivity contribution in [2.45, 2.75) is 13.6 Å². The van der Waals surface area contributed by atoms with Crippen molar-refractivity contribution >= 4 is 23.8 Å². The molecule has 1 aromatic carbocycles. The number of halogens is 1. The van der Waals surface area contributed by atoms with Crippen molar-refractivity contribution in [1.29, 1.82) is 0 Å². The highest BCUT2D eigenvalue weighted by Crippen LogP contribution is 2.03. The van der Waals surface area contributed by atoms with Crippen LogP contribution in [0.5, 0.6) is 0 Å². The second-order valence-electron chi connectivity index (χ2n) is 2.71. The molecule has 0 amide bonds. The molecule has 0 heterocycles. The maximum Gasteiger partial charge on any atom is 0.169 e. The summed E-state index contributed by atoms with van der Waals surface area (Å²) in [6.07, 6.45) is 0. The Labute approximate surface area is 67.3 Å². The summed E-state index contributed by atoms with van der Waals surface area (Å²) in [5.74, 6) is 0. The zero-order valence-electron chi connectivity index (χ0n) is 6.26. The van der Waals surface area contributed by atoms with Gasteiger partial charge >= 0.3 is 0 Å². The van der Waals surface area contributed by atoms with E-state index in [1.807, 2.05) is 12.1 Å². The molecule has 1 rings (SSSR count). The smallest absolute Gasteiger partial charge is 0.0843 e. The van der Waals surface area contributed by atoms with Gasteiger partial charge in [0.05, 0.1) is 0 Å². The molecule has 0 nitrogen and oxygen atoms in total. The van der Waals surface area contributed by atoms with Gasteiger partial charge in [-0.25, -0.2) is 0 Å². The van der Waals surface area contributed by atoms with Gasteiger partial charge in [-0.2, -0.15) is 0 Å². The normalized spacial score (nSPS) is 9.50. The van der Waals surface area contributed by atoms with E-state index in [0.29, 0.717) is 6.71 Å². The fourth-order valence-corrected chi connectivity index (χ4v) is 0.974. The predicted octanol–water partition coefficient (Wildman–Crippen LogP) is 2.30. The molecule has 0 aliphatic heterocycles. The Morgan fingerprint density at radius 1 is 1.10 bits per heavy atom. The van der Waals surface area contributed by atoms with Gasteiger partial charge in [-0.1, -0.05) is 42.8 Å². The van der Waals surface area contributed by atoms with Crippen LogP contribution in [0.3, 0.4) is 0 Å². The zero-order chi connectivity index (χ0) is 7.56. The van der Waals surface area contributed by atoms with Crippen LogP contribution in [0.2, 0.25) is 18.7 Å². The molecule has 0 unspecified atom stereocenters. The molecule has 0 fully saturated rings. The van der Waals surface area contributed by atoms with Crippen molar-refractivity contribution in [3.63, 3.8) is 0 Å². The standard InChI is InChI=1S/C8H10BCl/c1-9(2)7-3-5-8(10)6-4-7/h3-6H,1-2H3. The second-order valence-corrected chi connectivity index (χ2v) is 3.14. The number of hydrogen-bond donors (Lipinski definition) is 0. The Morgan fingerprint density at radius 3 is 2.00 bits per heavy atom. The third kappa shape index (κ3) is 1.78. The lowest BCUT2D eigenvalue weighted by Gasteiger charge is -1.99. The first kappa shape index (κ1) is 7.68. The number of rotatable bonds is 1. The highest BCUT2D eigenvalue weighted by Gasteiger charge is 2.00. The van der Waals surface area contributed by atoms with Crippen molar-refractivity contribution in [3.8, 4) is 0 Å². The second kappa shape index (κ2) is 3.11. The van der Waals surface area contributed by atoms with Crippen LogP contribution in [0.15, 0.2) is 24.3 Å². The molecule has 0 atom stereocenters. The van der Waals surface area contributed by atoms with Crippen molar-refractivity contribution in [2.24, 2.45) is 0 Å². The average molecular weight is 152 g/mol. The molecule has 0 spiro atoms. The van der Waals surface area contributed by atoms with E-state index in [1.165, 1.54) is 5.46 Å². The quantitative estimate of drug-likeness (QED) is 0.542. The Hall–Kier alpha value is -0.425. The van der Waals surface area contributed by atoms with Gasteiger partial charge in [-0.15, -0.1) is 0 Å². The van der Waals surface area contributed by atoms with E-state index < -0.39 is 0 Å². The highest BCUT2D eigenvalue weighted by molar-refractivity contribution is 6.70. The molecule has 0 saturated carbocycles. The summed E-state index contributed by atoms with van der Waals surface area (Å²) in [6, 6.07) is 7.98. The summed E-state index contributed by atoms with van der Waals surface area (Å²) in [5, 5.41) is 0.810. The summed E-state index contributed by atoms with van der Waals surface area (Å²) < 4.78 is 0. The summed E-state index contributed by atoms with van der Waals surface area (Å²) >= 11 is 5.72. The van der Waals surface area contributed by atoms with Gasteiger partial charge in [0.2, 0.25) is 0 Å². The van der Waals surface area contributed by atoms with Crippen LogP contribution in [0, 0.1) is 0 Å². The molecule has 0 aliphatic carbocycles. The molecular weight excluding hydrogens is 142 g/mol. The van der Waals surface area contributed by atoms with Crippen molar-refractivity contribution < 1.29 is 0 Å². The molecule has 0 N–H and O–H groups in total. The lowest BCUT2D eigenvalue weighted by molar-refractivity contribution is 1.74. The van der Waals surface area contributed by atoms with Crippen molar-refractivity contribution in [2.75, 3.05) is 0 Å². The van der Waals surface area contributed by atoms with Gasteiger partial charge in [0, 0.05) is 5.02 Å². The van der Waals surface area contributed by atoms with Crippen molar-refractivity contribution in [1.82, 2.24) is 0 Å². The minimum atomic E-state index is 0.595. The van der Waals surface area contributed by atoms with Crippen LogP contribution in [-0.4, -0.2) is 6.71 Å². The summed E-state index contributed by atoms with van der Waals surface area (Å²) in [4.78, 5) is 0. The number of benzene rings is 1. The van der Waals surface area contributed by atoms with Gasteiger partial charge in [0.15, 0.2) is 6.71 Å². The SMILES string of the molecule is CB(C)c1ccc(Cl)cc1. The topological polar surface area (TPSA) is 0 Å². The van der Waals surface area contributed by atoms with Gasteiger partial charge < -0.3 is 0 Å². The van der Waals surface area contributed by atoms with E-state index in [1.54, 1.807) is 0 Å². The number of hydrogen-bond acceptors (Lipinski definition) is 0. The van der Waals surface area contributed by atoms with Gasteiger partial charge in [0.1, 0.15) is 0 Å². The van der Waals surface area contributed by atoms with Crippen LogP contribution < -0.4 is 5.46 Å². The monoisotopic (exact) mass is 152 g/mol. The molecule has 52 valence electrons. The highest BCUT2D eigenvalue weighted by atomic mass is 35.5. The van der Waals surface area contributed by atoms with Crippen LogP contribution >= 0.6 is 11.6 Å². The van der Waals surface area contributed by atoms with Gasteiger partial charge in [-0.05, 0) is 12.1 Å².